The lowest BCUT2D eigenvalue weighted by atomic mass is 10.2. The SMILES string of the molecule is CCCCc1ncc(CN2CCCN(C(=O)c3cc(C4CC4)no3)CC2)[nH]1. The number of aryl methyl sites for hydroxylation is 1. The number of hydrogen-bond donors (Lipinski definition) is 1. The van der Waals surface area contributed by atoms with Crippen LogP contribution < -0.4 is 0 Å². The second kappa shape index (κ2) is 8.25. The normalized spacial score (nSPS) is 18.6. The van der Waals surface area contributed by atoms with Crippen molar-refractivity contribution in [3.63, 3.8) is 0 Å². The van der Waals surface area contributed by atoms with Crippen LogP contribution in [-0.4, -0.2) is 57.0 Å². The third-order valence-corrected chi connectivity index (χ3v) is 5.45. The van der Waals surface area contributed by atoms with Crippen molar-refractivity contribution in [2.24, 2.45) is 0 Å². The van der Waals surface area contributed by atoms with E-state index in [9.17, 15) is 4.79 Å². The van der Waals surface area contributed by atoms with Gasteiger partial charge in [-0.3, -0.25) is 9.69 Å². The number of nitrogens with zero attached hydrogens (tertiary/aromatic N) is 4. The maximum absolute atomic E-state index is 12.7. The zero-order chi connectivity index (χ0) is 18.6. The molecule has 0 aromatic carbocycles. The van der Waals surface area contributed by atoms with Crippen LogP contribution in [-0.2, 0) is 13.0 Å². The van der Waals surface area contributed by atoms with Crippen molar-refractivity contribution in [3.8, 4) is 0 Å². The quantitative estimate of drug-likeness (QED) is 0.809. The largest absolute Gasteiger partial charge is 0.351 e. The third kappa shape index (κ3) is 4.58. The van der Waals surface area contributed by atoms with E-state index in [0.29, 0.717) is 11.7 Å². The number of nitrogens with one attached hydrogen (secondary N) is 1. The van der Waals surface area contributed by atoms with Crippen molar-refractivity contribution in [1.82, 2.24) is 24.9 Å². The molecule has 1 aliphatic heterocycles. The molecule has 7 heteroatoms. The van der Waals surface area contributed by atoms with E-state index in [1.165, 1.54) is 6.42 Å². The Balaban J connectivity index is 1.30. The summed E-state index contributed by atoms with van der Waals surface area (Å²) in [7, 11) is 0. The lowest BCUT2D eigenvalue weighted by Crippen LogP contribution is -2.35. The Morgan fingerprint density at radius 1 is 1.30 bits per heavy atom. The molecule has 0 radical (unpaired) electrons. The van der Waals surface area contributed by atoms with Gasteiger partial charge in [0.1, 0.15) is 5.82 Å². The van der Waals surface area contributed by atoms with Crippen molar-refractivity contribution in [1.29, 1.82) is 0 Å². The fourth-order valence-electron chi connectivity index (χ4n) is 3.65. The predicted octanol–water partition coefficient (Wildman–Crippen LogP) is 2.97. The molecule has 1 saturated heterocycles. The van der Waals surface area contributed by atoms with Crippen LogP contribution >= 0.6 is 0 Å². The average molecular weight is 371 g/mol. The molecule has 1 saturated carbocycles. The summed E-state index contributed by atoms with van der Waals surface area (Å²) in [6.45, 7) is 6.37. The van der Waals surface area contributed by atoms with Gasteiger partial charge in [0.15, 0.2) is 0 Å². The number of aromatic nitrogens is 3. The molecule has 0 spiro atoms. The van der Waals surface area contributed by atoms with Gasteiger partial charge in [0.05, 0.1) is 5.69 Å². The molecular weight excluding hydrogens is 342 g/mol. The first-order valence-electron chi connectivity index (χ1n) is 10.2. The molecule has 1 N–H and O–H groups in total. The van der Waals surface area contributed by atoms with Crippen LogP contribution in [0.2, 0.25) is 0 Å². The Morgan fingerprint density at radius 2 is 2.19 bits per heavy atom. The zero-order valence-electron chi connectivity index (χ0n) is 16.1. The summed E-state index contributed by atoms with van der Waals surface area (Å²) in [6.07, 6.45) is 8.59. The van der Waals surface area contributed by atoms with Crippen LogP contribution in [0.1, 0.15) is 72.7 Å². The van der Waals surface area contributed by atoms with E-state index in [1.807, 2.05) is 17.2 Å². The van der Waals surface area contributed by atoms with E-state index in [0.717, 1.165) is 82.0 Å². The lowest BCUT2D eigenvalue weighted by molar-refractivity contribution is 0.0719. The summed E-state index contributed by atoms with van der Waals surface area (Å²) in [5.74, 6) is 1.95. The Hall–Kier alpha value is -2.15. The highest BCUT2D eigenvalue weighted by Crippen LogP contribution is 2.39. The van der Waals surface area contributed by atoms with Gasteiger partial charge in [-0.2, -0.15) is 0 Å². The van der Waals surface area contributed by atoms with Crippen LogP contribution in [0.5, 0.6) is 0 Å². The molecular formula is C20H29N5O2. The number of rotatable bonds is 7. The summed E-state index contributed by atoms with van der Waals surface area (Å²) < 4.78 is 5.31. The molecule has 2 fully saturated rings. The van der Waals surface area contributed by atoms with Crippen LogP contribution in [0.15, 0.2) is 16.8 Å². The number of amides is 1. The Labute approximate surface area is 160 Å². The van der Waals surface area contributed by atoms with Crippen molar-refractivity contribution < 1.29 is 9.32 Å². The molecule has 146 valence electrons. The molecule has 7 nitrogen and oxygen atoms in total. The highest BCUT2D eigenvalue weighted by atomic mass is 16.5. The first-order chi connectivity index (χ1) is 13.2. The monoisotopic (exact) mass is 371 g/mol. The second-order valence-corrected chi connectivity index (χ2v) is 7.77. The Bertz CT molecular complexity index is 764. The molecule has 2 aliphatic rings. The van der Waals surface area contributed by atoms with Gasteiger partial charge in [-0.05, 0) is 25.7 Å². The van der Waals surface area contributed by atoms with Crippen LogP contribution in [0.25, 0.3) is 0 Å². The third-order valence-electron chi connectivity index (χ3n) is 5.45. The van der Waals surface area contributed by atoms with Crippen LogP contribution in [0, 0.1) is 0 Å². The lowest BCUT2D eigenvalue weighted by Gasteiger charge is -2.20. The van der Waals surface area contributed by atoms with E-state index >= 15 is 0 Å². The van der Waals surface area contributed by atoms with Crippen LogP contribution in [0.4, 0.5) is 0 Å². The highest BCUT2D eigenvalue weighted by Gasteiger charge is 2.30. The number of carbonyl (C=O) groups excluding carboxylic acids is 1. The standard InChI is InChI=1S/C20H29N5O2/c1-2-3-5-19-21-13-16(22-19)14-24-8-4-9-25(11-10-24)20(26)18-12-17(23-27-18)15-6-7-15/h12-13,15H,2-11,14H2,1H3,(H,21,22). The molecule has 27 heavy (non-hydrogen) atoms. The van der Waals surface area contributed by atoms with Gasteiger partial charge in [0, 0.05) is 63.0 Å². The van der Waals surface area contributed by atoms with Crippen LogP contribution in [0.3, 0.4) is 0 Å². The number of H-pyrrole nitrogens is 1. The van der Waals surface area contributed by atoms with Crippen molar-refractivity contribution in [2.75, 3.05) is 26.2 Å². The highest BCUT2D eigenvalue weighted by molar-refractivity contribution is 5.91. The minimum atomic E-state index is -0.0281. The Kier molecular flexibility index (Phi) is 5.57. The molecule has 4 rings (SSSR count). The smallest absolute Gasteiger partial charge is 0.292 e. The summed E-state index contributed by atoms with van der Waals surface area (Å²) in [4.78, 5) is 24.9. The second-order valence-electron chi connectivity index (χ2n) is 7.77. The maximum Gasteiger partial charge on any atom is 0.292 e. The molecule has 3 heterocycles. The fourth-order valence-corrected chi connectivity index (χ4v) is 3.65. The molecule has 0 atom stereocenters. The van der Waals surface area contributed by atoms with E-state index in [-0.39, 0.29) is 5.91 Å². The number of imidazole rings is 1. The molecule has 0 unspecified atom stereocenters. The molecule has 2 aromatic heterocycles. The van der Waals surface area contributed by atoms with E-state index in [4.69, 9.17) is 4.52 Å². The minimum absolute atomic E-state index is 0.0281. The van der Waals surface area contributed by atoms with E-state index < -0.39 is 0 Å². The van der Waals surface area contributed by atoms with Gasteiger partial charge in [-0.25, -0.2) is 4.98 Å². The first kappa shape index (κ1) is 18.2. The van der Waals surface area contributed by atoms with Gasteiger partial charge in [0.2, 0.25) is 5.76 Å². The summed E-state index contributed by atoms with van der Waals surface area (Å²) >= 11 is 0. The average Bonchev–Trinajstić information content (AvgIpc) is 3.32. The van der Waals surface area contributed by atoms with E-state index in [1.54, 1.807) is 0 Å². The number of unbranched alkanes of at least 4 members (excludes halogenated alkanes) is 1. The molecule has 1 amide bonds. The molecule has 2 aromatic rings. The number of aromatic amines is 1. The summed E-state index contributed by atoms with van der Waals surface area (Å²) in [5.41, 5.74) is 2.10. The van der Waals surface area contributed by atoms with Gasteiger partial charge in [-0.1, -0.05) is 18.5 Å². The summed E-state index contributed by atoms with van der Waals surface area (Å²) in [6, 6.07) is 1.84. The number of carbonyl (C=O) groups is 1. The maximum atomic E-state index is 12.7. The predicted molar refractivity (Wildman–Crippen MR) is 101 cm³/mol. The Morgan fingerprint density at radius 3 is 3.00 bits per heavy atom. The topological polar surface area (TPSA) is 78.3 Å². The first-order valence-corrected chi connectivity index (χ1v) is 10.2. The van der Waals surface area contributed by atoms with Crippen molar-refractivity contribution in [2.45, 2.75) is 57.9 Å². The van der Waals surface area contributed by atoms with Crippen molar-refractivity contribution >= 4 is 5.91 Å². The van der Waals surface area contributed by atoms with Gasteiger partial charge < -0.3 is 14.4 Å². The molecule has 0 bridgehead atoms. The van der Waals surface area contributed by atoms with Gasteiger partial charge in [0.25, 0.3) is 5.91 Å². The molecule has 1 aliphatic carbocycles. The zero-order valence-corrected chi connectivity index (χ0v) is 16.1. The number of hydrogen-bond acceptors (Lipinski definition) is 5. The minimum Gasteiger partial charge on any atom is -0.351 e. The van der Waals surface area contributed by atoms with E-state index in [2.05, 4.69) is 26.9 Å². The van der Waals surface area contributed by atoms with Gasteiger partial charge >= 0.3 is 0 Å². The fraction of sp³-hybridized carbons (Fsp3) is 0.650. The van der Waals surface area contributed by atoms with Crippen molar-refractivity contribution in [3.05, 3.63) is 35.2 Å². The summed E-state index contributed by atoms with van der Waals surface area (Å²) in [5, 5.41) is 4.07. The van der Waals surface area contributed by atoms with Gasteiger partial charge in [-0.15, -0.1) is 0 Å².